The number of ether oxygens (including phenoxy) is 1. The van der Waals surface area contributed by atoms with Crippen LogP contribution in [0.1, 0.15) is 29.7 Å². The number of rotatable bonds is 6. The molecule has 0 bridgehead atoms. The van der Waals surface area contributed by atoms with Crippen molar-refractivity contribution in [2.45, 2.75) is 26.4 Å². The van der Waals surface area contributed by atoms with E-state index in [1.54, 1.807) is 6.92 Å². The summed E-state index contributed by atoms with van der Waals surface area (Å²) < 4.78 is 5.14. The molecule has 2 aromatic carbocycles. The smallest absolute Gasteiger partial charge is 0.312 e. The Morgan fingerprint density at radius 3 is 2.32 bits per heavy atom. The molecule has 22 heavy (non-hydrogen) atoms. The summed E-state index contributed by atoms with van der Waals surface area (Å²) in [5.41, 5.74) is 2.91. The predicted octanol–water partition coefficient (Wildman–Crippen LogP) is 3.45. The Morgan fingerprint density at radius 1 is 1.09 bits per heavy atom. The van der Waals surface area contributed by atoms with Gasteiger partial charge < -0.3 is 9.84 Å². The number of hydrogen-bond donors (Lipinski definition) is 1. The summed E-state index contributed by atoms with van der Waals surface area (Å²) >= 11 is 0. The van der Waals surface area contributed by atoms with Crippen molar-refractivity contribution >= 4 is 5.97 Å². The molecule has 0 fully saturated rings. The molecule has 2 aromatic rings. The van der Waals surface area contributed by atoms with Crippen LogP contribution in [0, 0.1) is 12.8 Å². The van der Waals surface area contributed by atoms with Crippen LogP contribution in [0.2, 0.25) is 0 Å². The Kier molecular flexibility index (Phi) is 5.73. The van der Waals surface area contributed by atoms with Crippen LogP contribution >= 0.6 is 0 Å². The SMILES string of the molecule is CCOC(=O)[C@H](Cc1ccc(C)cc1)[C@H](O)c1ccccc1. The lowest BCUT2D eigenvalue weighted by atomic mass is 9.89. The number of hydrogen-bond acceptors (Lipinski definition) is 3. The number of benzene rings is 2. The van der Waals surface area contributed by atoms with E-state index >= 15 is 0 Å². The van der Waals surface area contributed by atoms with E-state index in [0.29, 0.717) is 13.0 Å². The lowest BCUT2D eigenvalue weighted by molar-refractivity contribution is -0.152. The van der Waals surface area contributed by atoms with Crippen LogP contribution in [-0.2, 0) is 16.0 Å². The van der Waals surface area contributed by atoms with Crippen molar-refractivity contribution in [1.82, 2.24) is 0 Å². The second kappa shape index (κ2) is 7.76. The molecular formula is C19H22O3. The van der Waals surface area contributed by atoms with E-state index in [0.717, 1.165) is 11.1 Å². The van der Waals surface area contributed by atoms with Gasteiger partial charge >= 0.3 is 5.97 Å². The third-order valence-electron chi connectivity index (χ3n) is 3.69. The molecule has 3 nitrogen and oxygen atoms in total. The fourth-order valence-electron chi connectivity index (χ4n) is 2.43. The third kappa shape index (κ3) is 4.18. The molecular weight excluding hydrogens is 276 g/mol. The van der Waals surface area contributed by atoms with Crippen molar-refractivity contribution in [3.63, 3.8) is 0 Å². The molecule has 116 valence electrons. The molecule has 0 aliphatic rings. The average molecular weight is 298 g/mol. The largest absolute Gasteiger partial charge is 0.466 e. The van der Waals surface area contributed by atoms with Crippen molar-refractivity contribution in [2.24, 2.45) is 5.92 Å². The number of aryl methyl sites for hydroxylation is 1. The van der Waals surface area contributed by atoms with E-state index in [1.165, 1.54) is 5.56 Å². The molecule has 0 spiro atoms. The van der Waals surface area contributed by atoms with Crippen LogP contribution in [0.5, 0.6) is 0 Å². The summed E-state index contributed by atoms with van der Waals surface area (Å²) in [4.78, 5) is 12.2. The highest BCUT2D eigenvalue weighted by atomic mass is 16.5. The second-order valence-corrected chi connectivity index (χ2v) is 5.40. The minimum absolute atomic E-state index is 0.310. The van der Waals surface area contributed by atoms with Gasteiger partial charge in [-0.15, -0.1) is 0 Å². The summed E-state index contributed by atoms with van der Waals surface area (Å²) in [6, 6.07) is 17.2. The number of aliphatic hydroxyl groups is 1. The third-order valence-corrected chi connectivity index (χ3v) is 3.69. The normalized spacial score (nSPS) is 13.4. The van der Waals surface area contributed by atoms with Crippen LogP contribution in [0.15, 0.2) is 54.6 Å². The standard InChI is InChI=1S/C19H22O3/c1-3-22-19(21)17(13-15-11-9-14(2)10-12-15)18(20)16-7-5-4-6-8-16/h4-12,17-18,20H,3,13H2,1-2H3/t17-,18-/m1/s1. The first-order valence-corrected chi connectivity index (χ1v) is 7.57. The lowest BCUT2D eigenvalue weighted by Gasteiger charge is -2.22. The maximum atomic E-state index is 12.2. The molecule has 1 N–H and O–H groups in total. The summed E-state index contributed by atoms with van der Waals surface area (Å²) in [6.07, 6.45) is -0.420. The van der Waals surface area contributed by atoms with Crippen molar-refractivity contribution in [2.75, 3.05) is 6.61 Å². The molecule has 2 atom stereocenters. The van der Waals surface area contributed by atoms with Crippen LogP contribution in [-0.4, -0.2) is 17.7 Å². The molecule has 0 aromatic heterocycles. The zero-order valence-corrected chi connectivity index (χ0v) is 13.0. The fraction of sp³-hybridized carbons (Fsp3) is 0.316. The molecule has 0 amide bonds. The average Bonchev–Trinajstić information content (AvgIpc) is 2.54. The maximum Gasteiger partial charge on any atom is 0.312 e. The van der Waals surface area contributed by atoms with E-state index in [-0.39, 0.29) is 5.97 Å². The van der Waals surface area contributed by atoms with Crippen LogP contribution < -0.4 is 0 Å². The molecule has 2 rings (SSSR count). The van der Waals surface area contributed by atoms with Gasteiger partial charge in [-0.3, -0.25) is 4.79 Å². The monoisotopic (exact) mass is 298 g/mol. The Hall–Kier alpha value is -2.13. The first-order valence-electron chi connectivity index (χ1n) is 7.57. The summed E-state index contributed by atoms with van der Waals surface area (Å²) in [6.45, 7) is 4.10. The molecule has 0 radical (unpaired) electrons. The van der Waals surface area contributed by atoms with Gasteiger partial charge in [0.1, 0.15) is 0 Å². The topological polar surface area (TPSA) is 46.5 Å². The van der Waals surface area contributed by atoms with E-state index in [1.807, 2.05) is 61.5 Å². The highest BCUT2D eigenvalue weighted by Gasteiger charge is 2.29. The van der Waals surface area contributed by atoms with Gasteiger partial charge in [-0.2, -0.15) is 0 Å². The van der Waals surface area contributed by atoms with Crippen molar-refractivity contribution < 1.29 is 14.6 Å². The molecule has 0 saturated heterocycles. The van der Waals surface area contributed by atoms with E-state index in [9.17, 15) is 9.90 Å². The van der Waals surface area contributed by atoms with Crippen LogP contribution in [0.4, 0.5) is 0 Å². The van der Waals surface area contributed by atoms with Crippen LogP contribution in [0.25, 0.3) is 0 Å². The number of aliphatic hydroxyl groups excluding tert-OH is 1. The van der Waals surface area contributed by atoms with Crippen LogP contribution in [0.3, 0.4) is 0 Å². The lowest BCUT2D eigenvalue weighted by Crippen LogP contribution is -2.26. The summed E-state index contributed by atoms with van der Waals surface area (Å²) in [5.74, 6) is -0.968. The zero-order chi connectivity index (χ0) is 15.9. The summed E-state index contributed by atoms with van der Waals surface area (Å²) in [7, 11) is 0. The first-order chi connectivity index (χ1) is 10.6. The van der Waals surface area contributed by atoms with Gasteiger partial charge in [-0.05, 0) is 31.4 Å². The van der Waals surface area contributed by atoms with Gasteiger partial charge in [0.05, 0.1) is 18.6 Å². The molecule has 3 heteroatoms. The minimum atomic E-state index is -0.874. The predicted molar refractivity (Wildman–Crippen MR) is 86.4 cm³/mol. The Labute approximate surface area is 131 Å². The van der Waals surface area contributed by atoms with E-state index in [4.69, 9.17) is 4.74 Å². The fourth-order valence-corrected chi connectivity index (χ4v) is 2.43. The van der Waals surface area contributed by atoms with E-state index < -0.39 is 12.0 Å². The number of esters is 1. The molecule has 0 heterocycles. The molecule has 0 aliphatic carbocycles. The van der Waals surface area contributed by atoms with Gasteiger partial charge in [0.25, 0.3) is 0 Å². The molecule has 0 aliphatic heterocycles. The van der Waals surface area contributed by atoms with Gasteiger partial charge in [-0.25, -0.2) is 0 Å². The van der Waals surface area contributed by atoms with Crippen molar-refractivity contribution in [1.29, 1.82) is 0 Å². The highest BCUT2D eigenvalue weighted by Crippen LogP contribution is 2.26. The quantitative estimate of drug-likeness (QED) is 0.831. The summed E-state index contributed by atoms with van der Waals surface area (Å²) in [5, 5.41) is 10.6. The van der Waals surface area contributed by atoms with Gasteiger partial charge in [-0.1, -0.05) is 60.2 Å². The number of carbonyl (C=O) groups is 1. The second-order valence-electron chi connectivity index (χ2n) is 5.40. The molecule has 0 saturated carbocycles. The minimum Gasteiger partial charge on any atom is -0.466 e. The first kappa shape index (κ1) is 16.2. The Morgan fingerprint density at radius 2 is 1.73 bits per heavy atom. The Bertz CT molecular complexity index is 590. The highest BCUT2D eigenvalue weighted by molar-refractivity contribution is 5.73. The molecule has 0 unspecified atom stereocenters. The Balaban J connectivity index is 2.22. The van der Waals surface area contributed by atoms with Crippen molar-refractivity contribution in [3.8, 4) is 0 Å². The van der Waals surface area contributed by atoms with E-state index in [2.05, 4.69) is 0 Å². The van der Waals surface area contributed by atoms with Crippen molar-refractivity contribution in [3.05, 3.63) is 71.3 Å². The van der Waals surface area contributed by atoms with Gasteiger partial charge in [0.15, 0.2) is 0 Å². The van der Waals surface area contributed by atoms with Gasteiger partial charge in [0, 0.05) is 0 Å². The number of carbonyl (C=O) groups excluding carboxylic acids is 1. The zero-order valence-electron chi connectivity index (χ0n) is 13.0. The van der Waals surface area contributed by atoms with Gasteiger partial charge in [0.2, 0.25) is 0 Å². The maximum absolute atomic E-state index is 12.2.